The number of esters is 1. The predicted octanol–water partition coefficient (Wildman–Crippen LogP) is 3.04. The van der Waals surface area contributed by atoms with Crippen molar-refractivity contribution in [2.24, 2.45) is 0 Å². The molecule has 5 nitrogen and oxygen atoms in total. The monoisotopic (exact) mass is 307 g/mol. The molecule has 0 N–H and O–H groups in total. The molecular weight excluding hydrogens is 290 g/mol. The highest BCUT2D eigenvalue weighted by Gasteiger charge is 2.08. The van der Waals surface area contributed by atoms with Crippen molar-refractivity contribution in [3.05, 3.63) is 66.7 Å². The lowest BCUT2D eigenvalue weighted by atomic mass is 10.2. The highest BCUT2D eigenvalue weighted by Crippen LogP contribution is 2.17. The number of rotatable bonds is 5. The summed E-state index contributed by atoms with van der Waals surface area (Å²) in [5.74, 6) is 0.482. The first-order valence-corrected chi connectivity index (χ1v) is 7.46. The van der Waals surface area contributed by atoms with Gasteiger partial charge in [0.25, 0.3) is 0 Å². The number of aromatic nitrogens is 3. The van der Waals surface area contributed by atoms with Gasteiger partial charge in [0.1, 0.15) is 0 Å². The van der Waals surface area contributed by atoms with Crippen LogP contribution in [0.3, 0.4) is 0 Å². The summed E-state index contributed by atoms with van der Waals surface area (Å²) in [6.45, 7) is 2.19. The molecule has 3 rings (SSSR count). The Morgan fingerprint density at radius 3 is 2.78 bits per heavy atom. The average molecular weight is 307 g/mol. The van der Waals surface area contributed by atoms with Gasteiger partial charge in [0, 0.05) is 18.0 Å². The van der Waals surface area contributed by atoms with E-state index in [-0.39, 0.29) is 12.4 Å². The Hall–Kier alpha value is -2.95. The molecule has 0 spiro atoms. The molecule has 0 fully saturated rings. The van der Waals surface area contributed by atoms with Gasteiger partial charge >= 0.3 is 5.97 Å². The minimum atomic E-state index is -0.227. The average Bonchev–Trinajstić information content (AvgIpc) is 3.04. The fourth-order valence-electron chi connectivity index (χ4n) is 2.29. The van der Waals surface area contributed by atoms with Crippen LogP contribution in [0.4, 0.5) is 0 Å². The smallest absolute Gasteiger partial charge is 0.310 e. The van der Waals surface area contributed by atoms with Gasteiger partial charge in [-0.3, -0.25) is 9.78 Å². The second-order valence-corrected chi connectivity index (χ2v) is 5.04. The van der Waals surface area contributed by atoms with Crippen LogP contribution in [0.25, 0.3) is 17.1 Å². The van der Waals surface area contributed by atoms with Crippen LogP contribution in [-0.2, 0) is 16.0 Å². The third-order valence-corrected chi connectivity index (χ3v) is 3.36. The Morgan fingerprint density at radius 1 is 1.17 bits per heavy atom. The van der Waals surface area contributed by atoms with Gasteiger partial charge in [0.05, 0.1) is 31.1 Å². The van der Waals surface area contributed by atoms with Gasteiger partial charge in [-0.2, -0.15) is 0 Å². The summed E-state index contributed by atoms with van der Waals surface area (Å²) in [4.78, 5) is 20.4. The molecule has 0 aliphatic carbocycles. The van der Waals surface area contributed by atoms with E-state index in [2.05, 4.69) is 9.97 Å². The summed E-state index contributed by atoms with van der Waals surface area (Å²) in [5.41, 5.74) is 2.71. The van der Waals surface area contributed by atoms with Crippen LogP contribution < -0.4 is 0 Å². The standard InChI is InChI=1S/C18H17N3O2/c1-2-23-18(22)10-14-8-9-21(13-14)17-12-19-11-16(20-17)15-6-4-3-5-7-15/h3-9,11-13H,2,10H2,1H3. The molecular formula is C18H17N3O2. The van der Waals surface area contributed by atoms with Crippen LogP contribution in [0.2, 0.25) is 0 Å². The Kier molecular flexibility index (Phi) is 4.47. The minimum absolute atomic E-state index is 0.227. The molecule has 0 unspecified atom stereocenters. The van der Waals surface area contributed by atoms with E-state index in [1.807, 2.05) is 53.4 Å². The van der Waals surface area contributed by atoms with E-state index in [4.69, 9.17) is 4.74 Å². The van der Waals surface area contributed by atoms with Crippen molar-refractivity contribution in [3.63, 3.8) is 0 Å². The number of nitrogens with zero attached hydrogens (tertiary/aromatic N) is 3. The lowest BCUT2D eigenvalue weighted by Gasteiger charge is -2.05. The van der Waals surface area contributed by atoms with Gasteiger partial charge in [0.15, 0.2) is 5.82 Å². The summed E-state index contributed by atoms with van der Waals surface area (Å²) < 4.78 is 6.82. The fourth-order valence-corrected chi connectivity index (χ4v) is 2.29. The maximum Gasteiger partial charge on any atom is 0.310 e. The third kappa shape index (κ3) is 3.63. The third-order valence-electron chi connectivity index (χ3n) is 3.36. The Balaban J connectivity index is 1.83. The topological polar surface area (TPSA) is 57.0 Å². The Morgan fingerprint density at radius 2 is 2.00 bits per heavy atom. The molecule has 2 heterocycles. The number of carbonyl (C=O) groups is 1. The molecule has 0 atom stereocenters. The zero-order chi connectivity index (χ0) is 16.1. The summed E-state index contributed by atoms with van der Waals surface area (Å²) in [5, 5.41) is 0. The molecule has 2 aromatic heterocycles. The van der Waals surface area contributed by atoms with Crippen molar-refractivity contribution in [1.29, 1.82) is 0 Å². The summed E-state index contributed by atoms with van der Waals surface area (Å²) in [6.07, 6.45) is 7.43. The first-order chi connectivity index (χ1) is 11.3. The predicted molar refractivity (Wildman–Crippen MR) is 87.1 cm³/mol. The molecule has 0 bridgehead atoms. The zero-order valence-electron chi connectivity index (χ0n) is 12.8. The van der Waals surface area contributed by atoms with Crippen molar-refractivity contribution >= 4 is 5.97 Å². The molecule has 116 valence electrons. The number of hydrogen-bond donors (Lipinski definition) is 0. The van der Waals surface area contributed by atoms with Gasteiger partial charge in [-0.25, -0.2) is 4.98 Å². The molecule has 0 saturated carbocycles. The zero-order valence-corrected chi connectivity index (χ0v) is 12.8. The van der Waals surface area contributed by atoms with Crippen molar-refractivity contribution in [3.8, 4) is 17.1 Å². The van der Waals surface area contributed by atoms with Gasteiger partial charge in [-0.1, -0.05) is 30.3 Å². The van der Waals surface area contributed by atoms with E-state index in [0.29, 0.717) is 12.4 Å². The number of hydrogen-bond acceptors (Lipinski definition) is 4. The summed E-state index contributed by atoms with van der Waals surface area (Å²) in [6, 6.07) is 11.8. The van der Waals surface area contributed by atoms with Crippen LogP contribution in [0.1, 0.15) is 12.5 Å². The Bertz CT molecular complexity index is 797. The molecule has 23 heavy (non-hydrogen) atoms. The highest BCUT2D eigenvalue weighted by molar-refractivity contribution is 5.72. The molecule has 0 saturated heterocycles. The van der Waals surface area contributed by atoms with E-state index < -0.39 is 0 Å². The van der Waals surface area contributed by atoms with E-state index in [1.165, 1.54) is 0 Å². The molecule has 0 aliphatic rings. The quantitative estimate of drug-likeness (QED) is 0.680. The number of benzene rings is 1. The maximum atomic E-state index is 11.5. The lowest BCUT2D eigenvalue weighted by Crippen LogP contribution is -2.06. The van der Waals surface area contributed by atoms with Gasteiger partial charge in [0.2, 0.25) is 0 Å². The second kappa shape index (κ2) is 6.87. The van der Waals surface area contributed by atoms with Crippen LogP contribution in [0.5, 0.6) is 0 Å². The molecule has 1 aromatic carbocycles. The molecule has 5 heteroatoms. The van der Waals surface area contributed by atoms with Gasteiger partial charge in [-0.15, -0.1) is 0 Å². The van der Waals surface area contributed by atoms with Crippen LogP contribution >= 0.6 is 0 Å². The number of ether oxygens (including phenoxy) is 1. The first kappa shape index (κ1) is 15.0. The molecule has 0 amide bonds. The summed E-state index contributed by atoms with van der Waals surface area (Å²) in [7, 11) is 0. The maximum absolute atomic E-state index is 11.5. The SMILES string of the molecule is CCOC(=O)Cc1ccn(-c2cncc(-c3ccccc3)n2)c1. The van der Waals surface area contributed by atoms with Crippen LogP contribution in [-0.4, -0.2) is 27.1 Å². The number of carbonyl (C=O) groups excluding carboxylic acids is 1. The Labute approximate surface area is 134 Å². The van der Waals surface area contributed by atoms with Crippen molar-refractivity contribution < 1.29 is 9.53 Å². The van der Waals surface area contributed by atoms with Gasteiger partial charge < -0.3 is 9.30 Å². The van der Waals surface area contributed by atoms with E-state index >= 15 is 0 Å². The lowest BCUT2D eigenvalue weighted by molar-refractivity contribution is -0.142. The normalized spacial score (nSPS) is 10.5. The van der Waals surface area contributed by atoms with Crippen molar-refractivity contribution in [2.45, 2.75) is 13.3 Å². The first-order valence-electron chi connectivity index (χ1n) is 7.46. The molecule has 0 radical (unpaired) electrons. The van der Waals surface area contributed by atoms with E-state index in [9.17, 15) is 4.79 Å². The molecule has 0 aliphatic heterocycles. The van der Waals surface area contributed by atoms with E-state index in [0.717, 1.165) is 16.8 Å². The minimum Gasteiger partial charge on any atom is -0.466 e. The van der Waals surface area contributed by atoms with Crippen molar-refractivity contribution in [2.75, 3.05) is 6.61 Å². The second-order valence-electron chi connectivity index (χ2n) is 5.04. The molecule has 3 aromatic rings. The largest absolute Gasteiger partial charge is 0.466 e. The van der Waals surface area contributed by atoms with Crippen LogP contribution in [0.15, 0.2) is 61.2 Å². The van der Waals surface area contributed by atoms with E-state index in [1.54, 1.807) is 19.3 Å². The van der Waals surface area contributed by atoms with Crippen molar-refractivity contribution in [1.82, 2.24) is 14.5 Å². The summed E-state index contributed by atoms with van der Waals surface area (Å²) >= 11 is 0. The highest BCUT2D eigenvalue weighted by atomic mass is 16.5. The van der Waals surface area contributed by atoms with Crippen LogP contribution in [0, 0.1) is 0 Å². The fraction of sp³-hybridized carbons (Fsp3) is 0.167. The van der Waals surface area contributed by atoms with Gasteiger partial charge in [-0.05, 0) is 18.6 Å².